The van der Waals surface area contributed by atoms with Crippen molar-refractivity contribution in [2.45, 2.75) is 54.6 Å². The highest BCUT2D eigenvalue weighted by atomic mass is 35.5. The first-order chi connectivity index (χ1) is 19.5. The fraction of sp³-hybridized carbons (Fsp3) is 0.448. The van der Waals surface area contributed by atoms with E-state index >= 15 is 0 Å². The van der Waals surface area contributed by atoms with E-state index in [9.17, 15) is 4.79 Å². The summed E-state index contributed by atoms with van der Waals surface area (Å²) in [5.41, 5.74) is 8.81. The van der Waals surface area contributed by atoms with Crippen molar-refractivity contribution in [2.24, 2.45) is 17.1 Å². The lowest BCUT2D eigenvalue weighted by Crippen LogP contribution is -2.44. The van der Waals surface area contributed by atoms with Crippen molar-refractivity contribution in [3.63, 3.8) is 0 Å². The Balaban J connectivity index is 1.05. The first kappa shape index (κ1) is 26.4. The molecule has 2 aliphatic heterocycles. The van der Waals surface area contributed by atoms with Gasteiger partial charge in [0.1, 0.15) is 10.8 Å². The summed E-state index contributed by atoms with van der Waals surface area (Å²) in [5, 5.41) is 3.75. The fourth-order valence-electron chi connectivity index (χ4n) is 6.44. The topological polar surface area (TPSA) is 99.2 Å². The third-order valence-corrected chi connectivity index (χ3v) is 11.4. The van der Waals surface area contributed by atoms with Crippen molar-refractivity contribution in [1.82, 2.24) is 19.5 Å². The minimum absolute atomic E-state index is 0.106. The average Bonchev–Trinajstić information content (AvgIpc) is 3.53. The molecule has 1 aromatic carbocycles. The van der Waals surface area contributed by atoms with Crippen LogP contribution in [-0.2, 0) is 17.7 Å². The molecule has 40 heavy (non-hydrogen) atoms. The third kappa shape index (κ3) is 4.73. The molecule has 208 valence electrons. The second-order valence-electron chi connectivity index (χ2n) is 11.2. The maximum Gasteiger partial charge on any atom is 0.262 e. The van der Waals surface area contributed by atoms with Crippen LogP contribution in [0.25, 0.3) is 10.9 Å². The lowest BCUT2D eigenvalue weighted by Gasteiger charge is -2.42. The molecule has 0 amide bonds. The van der Waals surface area contributed by atoms with Crippen LogP contribution in [0.3, 0.4) is 0 Å². The zero-order valence-electron chi connectivity index (χ0n) is 22.1. The van der Waals surface area contributed by atoms with Crippen LogP contribution in [0, 0.1) is 11.3 Å². The molecule has 1 atom stereocenters. The zero-order chi connectivity index (χ0) is 27.3. The number of nitrogens with zero attached hydrogens (tertiary/aromatic N) is 5. The Morgan fingerprint density at radius 1 is 1.12 bits per heavy atom. The van der Waals surface area contributed by atoms with Crippen LogP contribution in [0.1, 0.15) is 42.2 Å². The van der Waals surface area contributed by atoms with Crippen molar-refractivity contribution in [1.29, 1.82) is 0 Å². The molecule has 1 spiro atoms. The summed E-state index contributed by atoms with van der Waals surface area (Å²) in [7, 11) is 0. The molecule has 11 heteroatoms. The molecule has 7 rings (SSSR count). The lowest BCUT2D eigenvalue weighted by atomic mass is 9.73. The van der Waals surface area contributed by atoms with Crippen molar-refractivity contribution in [3.05, 3.63) is 68.1 Å². The number of aromatic nitrogens is 4. The Kier molecular flexibility index (Phi) is 7.08. The largest absolute Gasteiger partial charge is 0.381 e. The minimum Gasteiger partial charge on any atom is -0.381 e. The van der Waals surface area contributed by atoms with Gasteiger partial charge in [0.25, 0.3) is 5.56 Å². The number of fused-ring (bicyclic) bond motifs is 2. The highest BCUT2D eigenvalue weighted by Crippen LogP contribution is 2.52. The first-order valence-corrected chi connectivity index (χ1v) is 15.9. The molecule has 0 bridgehead atoms. The Bertz CT molecular complexity index is 1590. The number of hydrogen-bond donors (Lipinski definition) is 1. The van der Waals surface area contributed by atoms with Crippen LogP contribution in [0.5, 0.6) is 0 Å². The zero-order valence-corrected chi connectivity index (χ0v) is 24.5. The van der Waals surface area contributed by atoms with Crippen molar-refractivity contribution >= 4 is 51.4 Å². The molecule has 3 aromatic heterocycles. The van der Waals surface area contributed by atoms with Gasteiger partial charge in [-0.05, 0) is 72.6 Å². The van der Waals surface area contributed by atoms with Gasteiger partial charge in [0.2, 0.25) is 0 Å². The predicted molar refractivity (Wildman–Crippen MR) is 160 cm³/mol. The number of nitrogens with two attached hydrogens (primary N) is 1. The van der Waals surface area contributed by atoms with Crippen LogP contribution in [0.4, 0.5) is 5.82 Å². The van der Waals surface area contributed by atoms with E-state index in [2.05, 4.69) is 26.3 Å². The number of rotatable bonds is 5. The SMILES string of the molecule is N[C@@H]1c2sccc2CC12CCN(c1cnc(Sc3ccc4ncn(CC5CCOCC5)c(=O)c4c3Cl)cn1)CC2. The summed E-state index contributed by atoms with van der Waals surface area (Å²) in [5.74, 6) is 1.29. The van der Waals surface area contributed by atoms with Gasteiger partial charge in [-0.1, -0.05) is 23.4 Å². The van der Waals surface area contributed by atoms with E-state index in [1.165, 1.54) is 22.2 Å². The van der Waals surface area contributed by atoms with Crippen LogP contribution in [0.2, 0.25) is 5.02 Å². The van der Waals surface area contributed by atoms with Crippen LogP contribution in [0.15, 0.2) is 57.0 Å². The van der Waals surface area contributed by atoms with Gasteiger partial charge < -0.3 is 15.4 Å². The van der Waals surface area contributed by atoms with Gasteiger partial charge in [0.15, 0.2) is 0 Å². The van der Waals surface area contributed by atoms with Gasteiger partial charge >= 0.3 is 0 Å². The monoisotopic (exact) mass is 594 g/mol. The molecular formula is C29H31ClN6O2S2. The number of hydrogen-bond acceptors (Lipinski definition) is 9. The van der Waals surface area contributed by atoms with E-state index in [1.807, 2.05) is 18.3 Å². The lowest BCUT2D eigenvalue weighted by molar-refractivity contribution is 0.0609. The normalized spacial score (nSPS) is 20.9. The quantitative estimate of drug-likeness (QED) is 0.331. The minimum atomic E-state index is -0.106. The summed E-state index contributed by atoms with van der Waals surface area (Å²) < 4.78 is 7.15. The summed E-state index contributed by atoms with van der Waals surface area (Å²) in [6.45, 7) is 3.96. The number of piperidine rings is 1. The van der Waals surface area contributed by atoms with Crippen LogP contribution >= 0.6 is 34.7 Å². The van der Waals surface area contributed by atoms with E-state index < -0.39 is 0 Å². The molecule has 3 aliphatic rings. The van der Waals surface area contributed by atoms with Crippen LogP contribution in [-0.4, -0.2) is 45.8 Å². The molecule has 0 saturated carbocycles. The standard InChI is InChI=1S/C29H31ClN6O2S2/c30-25-21(2-1-20-24(25)28(37)36(17-34-20)16-18-3-10-38-11-4-18)40-23-15-32-22(14-33-23)35-8-6-29(7-9-35)13-19-5-12-39-26(19)27(29)31/h1-2,5,12,14-15,17-18,27H,3-4,6-11,13,16,31H2/t27-/m1/s1. The van der Waals surface area contributed by atoms with Crippen molar-refractivity contribution in [3.8, 4) is 0 Å². The van der Waals surface area contributed by atoms with Gasteiger partial charge in [0.05, 0.1) is 34.6 Å². The van der Waals surface area contributed by atoms with Crippen molar-refractivity contribution in [2.75, 3.05) is 31.2 Å². The Morgan fingerprint density at radius 3 is 2.70 bits per heavy atom. The molecule has 1 aliphatic carbocycles. The molecule has 8 nitrogen and oxygen atoms in total. The number of halogens is 1. The maximum absolute atomic E-state index is 13.4. The average molecular weight is 595 g/mol. The van der Waals surface area contributed by atoms with E-state index in [0.717, 1.165) is 74.1 Å². The van der Waals surface area contributed by atoms with Crippen molar-refractivity contribution < 1.29 is 4.74 Å². The highest BCUT2D eigenvalue weighted by molar-refractivity contribution is 7.99. The Morgan fingerprint density at radius 2 is 1.95 bits per heavy atom. The highest BCUT2D eigenvalue weighted by Gasteiger charge is 2.46. The summed E-state index contributed by atoms with van der Waals surface area (Å²) in [4.78, 5) is 31.7. The second kappa shape index (κ2) is 10.7. The first-order valence-electron chi connectivity index (χ1n) is 13.8. The fourth-order valence-corrected chi connectivity index (χ4v) is 8.63. The molecule has 4 aromatic rings. The summed E-state index contributed by atoms with van der Waals surface area (Å²) in [6.07, 6.45) is 10.4. The van der Waals surface area contributed by atoms with E-state index in [1.54, 1.807) is 28.4 Å². The number of ether oxygens (including phenoxy) is 1. The van der Waals surface area contributed by atoms with Crippen LogP contribution < -0.4 is 16.2 Å². The second-order valence-corrected chi connectivity index (χ2v) is 13.5. The predicted octanol–water partition coefficient (Wildman–Crippen LogP) is 5.32. The Hall–Kier alpha value is -2.50. The third-order valence-electron chi connectivity index (χ3n) is 8.87. The molecule has 5 heterocycles. The summed E-state index contributed by atoms with van der Waals surface area (Å²) >= 11 is 10.0. The maximum atomic E-state index is 13.4. The summed E-state index contributed by atoms with van der Waals surface area (Å²) in [6, 6.07) is 6.13. The van der Waals surface area contributed by atoms with Gasteiger partial charge in [-0.15, -0.1) is 11.3 Å². The van der Waals surface area contributed by atoms with E-state index in [-0.39, 0.29) is 17.0 Å². The molecule has 2 fully saturated rings. The number of thiophene rings is 1. The molecular weight excluding hydrogens is 564 g/mol. The Labute approximate surface area is 245 Å². The number of benzene rings is 1. The number of anilines is 1. The van der Waals surface area contributed by atoms with Gasteiger partial charge in [-0.3, -0.25) is 9.36 Å². The van der Waals surface area contributed by atoms with Gasteiger partial charge in [-0.2, -0.15) is 0 Å². The van der Waals surface area contributed by atoms with E-state index in [0.29, 0.717) is 28.4 Å². The molecule has 2 saturated heterocycles. The van der Waals surface area contributed by atoms with Gasteiger partial charge in [0, 0.05) is 48.7 Å². The smallest absolute Gasteiger partial charge is 0.262 e. The van der Waals surface area contributed by atoms with E-state index in [4.69, 9.17) is 27.1 Å². The van der Waals surface area contributed by atoms with Gasteiger partial charge in [-0.25, -0.2) is 15.0 Å². The molecule has 0 radical (unpaired) electrons. The molecule has 0 unspecified atom stereocenters. The molecule has 2 N–H and O–H groups in total.